The summed E-state index contributed by atoms with van der Waals surface area (Å²) in [5.74, 6) is 0.894. The van der Waals surface area contributed by atoms with E-state index in [0.29, 0.717) is 0 Å². The Morgan fingerprint density at radius 3 is 2.67 bits per heavy atom. The molecule has 0 bridgehead atoms. The molecule has 0 saturated carbocycles. The lowest BCUT2D eigenvalue weighted by Crippen LogP contribution is -2.16. The third-order valence-electron chi connectivity index (χ3n) is 3.44. The largest absolute Gasteiger partial charge is 0.359 e. The lowest BCUT2D eigenvalue weighted by molar-refractivity contribution is 0.268. The number of hydrogen-bond donors (Lipinski definition) is 0. The molecule has 0 atom stereocenters. The Bertz CT molecular complexity index is 702. The summed E-state index contributed by atoms with van der Waals surface area (Å²) >= 11 is 1.80. The van der Waals surface area contributed by atoms with Crippen molar-refractivity contribution in [2.24, 2.45) is 0 Å². The van der Waals surface area contributed by atoms with Gasteiger partial charge in [-0.05, 0) is 31.0 Å². The zero-order valence-electron chi connectivity index (χ0n) is 12.2. The molecule has 0 unspecified atom stereocenters. The zero-order chi connectivity index (χ0) is 14.7. The number of aromatic nitrogens is 1. The van der Waals surface area contributed by atoms with Crippen LogP contribution in [0.1, 0.15) is 16.2 Å². The van der Waals surface area contributed by atoms with Gasteiger partial charge in [-0.25, -0.2) is 0 Å². The summed E-state index contributed by atoms with van der Waals surface area (Å²) in [7, 11) is 2.10. The molecular weight excluding hydrogens is 280 g/mol. The average molecular weight is 298 g/mol. The Hall–Kier alpha value is -1.91. The zero-order valence-corrected chi connectivity index (χ0v) is 13.1. The predicted octanol–water partition coefficient (Wildman–Crippen LogP) is 4.34. The molecule has 0 aliphatic carbocycles. The van der Waals surface area contributed by atoms with E-state index in [0.717, 1.165) is 30.1 Å². The fraction of sp³-hybridized carbons (Fsp3) is 0.235. The maximum atomic E-state index is 5.45. The number of benzene rings is 1. The van der Waals surface area contributed by atoms with Crippen molar-refractivity contribution in [3.05, 3.63) is 64.0 Å². The fourth-order valence-corrected chi connectivity index (χ4v) is 3.25. The summed E-state index contributed by atoms with van der Waals surface area (Å²) in [6.45, 7) is 3.85. The van der Waals surface area contributed by atoms with Crippen LogP contribution in [-0.4, -0.2) is 17.1 Å². The molecule has 3 aromatic rings. The van der Waals surface area contributed by atoms with Crippen LogP contribution in [0.5, 0.6) is 0 Å². The van der Waals surface area contributed by atoms with Gasteiger partial charge in [-0.2, -0.15) is 0 Å². The molecule has 0 aliphatic rings. The van der Waals surface area contributed by atoms with Gasteiger partial charge in [0.25, 0.3) is 0 Å². The molecular formula is C17H18N2OS. The van der Waals surface area contributed by atoms with E-state index in [1.807, 2.05) is 36.4 Å². The van der Waals surface area contributed by atoms with Crippen LogP contribution in [0.2, 0.25) is 0 Å². The molecule has 4 heteroatoms. The lowest BCUT2D eigenvalue weighted by atomic mass is 10.1. The molecule has 0 amide bonds. The number of nitrogens with zero attached hydrogens (tertiary/aromatic N) is 2. The standard InChI is InChI=1S/C17H18N2OS/c1-13-8-9-21-17(13)12-19(2)11-15-10-16(18-20-15)14-6-4-3-5-7-14/h3-10H,11-12H2,1-2H3. The van der Waals surface area contributed by atoms with Gasteiger partial charge in [-0.1, -0.05) is 35.5 Å². The molecule has 0 fully saturated rings. The van der Waals surface area contributed by atoms with E-state index in [1.54, 1.807) is 11.3 Å². The lowest BCUT2D eigenvalue weighted by Gasteiger charge is -2.13. The van der Waals surface area contributed by atoms with Crippen LogP contribution in [0.3, 0.4) is 0 Å². The van der Waals surface area contributed by atoms with Crippen molar-refractivity contribution in [2.75, 3.05) is 7.05 Å². The second kappa shape index (κ2) is 6.24. The SMILES string of the molecule is Cc1ccsc1CN(C)Cc1cc(-c2ccccc2)no1. The second-order valence-corrected chi connectivity index (χ2v) is 6.24. The highest BCUT2D eigenvalue weighted by molar-refractivity contribution is 7.10. The maximum Gasteiger partial charge on any atom is 0.151 e. The third kappa shape index (κ3) is 3.40. The number of thiophene rings is 1. The molecule has 0 aliphatic heterocycles. The monoisotopic (exact) mass is 298 g/mol. The van der Waals surface area contributed by atoms with Crippen LogP contribution in [-0.2, 0) is 13.1 Å². The molecule has 3 nitrogen and oxygen atoms in total. The number of aryl methyl sites for hydroxylation is 1. The highest BCUT2D eigenvalue weighted by Crippen LogP contribution is 2.21. The van der Waals surface area contributed by atoms with Crippen LogP contribution in [0.25, 0.3) is 11.3 Å². The van der Waals surface area contributed by atoms with Crippen molar-refractivity contribution in [3.63, 3.8) is 0 Å². The number of hydrogen-bond acceptors (Lipinski definition) is 4. The highest BCUT2D eigenvalue weighted by atomic mass is 32.1. The molecule has 108 valence electrons. The first-order chi connectivity index (χ1) is 10.2. The van der Waals surface area contributed by atoms with Crippen molar-refractivity contribution in [2.45, 2.75) is 20.0 Å². The van der Waals surface area contributed by atoms with Crippen LogP contribution >= 0.6 is 11.3 Å². The van der Waals surface area contributed by atoms with Gasteiger partial charge in [-0.3, -0.25) is 4.90 Å². The normalized spacial score (nSPS) is 11.2. The van der Waals surface area contributed by atoms with Gasteiger partial charge in [-0.15, -0.1) is 11.3 Å². The topological polar surface area (TPSA) is 29.3 Å². The van der Waals surface area contributed by atoms with Crippen molar-refractivity contribution >= 4 is 11.3 Å². The summed E-state index contributed by atoms with van der Waals surface area (Å²) in [6, 6.07) is 14.3. The average Bonchev–Trinajstić information content (AvgIpc) is 3.10. The van der Waals surface area contributed by atoms with Gasteiger partial charge in [0.15, 0.2) is 5.76 Å². The smallest absolute Gasteiger partial charge is 0.151 e. The number of rotatable bonds is 5. The Kier molecular flexibility index (Phi) is 4.18. The van der Waals surface area contributed by atoms with E-state index >= 15 is 0 Å². The molecule has 0 spiro atoms. The van der Waals surface area contributed by atoms with Gasteiger partial charge in [0.2, 0.25) is 0 Å². The quantitative estimate of drug-likeness (QED) is 0.701. The van der Waals surface area contributed by atoms with Crippen molar-refractivity contribution in [1.82, 2.24) is 10.1 Å². The van der Waals surface area contributed by atoms with Gasteiger partial charge in [0, 0.05) is 23.1 Å². The summed E-state index contributed by atoms with van der Waals surface area (Å²) in [5.41, 5.74) is 3.34. The molecule has 3 rings (SSSR count). The molecule has 0 saturated heterocycles. The van der Waals surface area contributed by atoms with E-state index in [9.17, 15) is 0 Å². The Balaban J connectivity index is 1.66. The first kappa shape index (κ1) is 14.0. The maximum absolute atomic E-state index is 5.45. The molecule has 1 aromatic carbocycles. The molecule has 2 heterocycles. The van der Waals surface area contributed by atoms with Crippen molar-refractivity contribution in [1.29, 1.82) is 0 Å². The molecule has 2 aromatic heterocycles. The first-order valence-electron chi connectivity index (χ1n) is 6.95. The van der Waals surface area contributed by atoms with Gasteiger partial charge in [0.05, 0.1) is 6.54 Å². The second-order valence-electron chi connectivity index (χ2n) is 5.24. The van der Waals surface area contributed by atoms with E-state index in [-0.39, 0.29) is 0 Å². The summed E-state index contributed by atoms with van der Waals surface area (Å²) < 4.78 is 5.45. The van der Waals surface area contributed by atoms with E-state index in [1.165, 1.54) is 10.4 Å². The van der Waals surface area contributed by atoms with Gasteiger partial charge in [0.1, 0.15) is 5.69 Å². The van der Waals surface area contributed by atoms with Crippen LogP contribution in [0.4, 0.5) is 0 Å². The highest BCUT2D eigenvalue weighted by Gasteiger charge is 2.10. The Morgan fingerprint density at radius 2 is 1.95 bits per heavy atom. The van der Waals surface area contributed by atoms with Crippen LogP contribution in [0, 0.1) is 6.92 Å². The van der Waals surface area contributed by atoms with Crippen LogP contribution < -0.4 is 0 Å². The fourth-order valence-electron chi connectivity index (χ4n) is 2.27. The molecule has 0 N–H and O–H groups in total. The predicted molar refractivity (Wildman–Crippen MR) is 86.2 cm³/mol. The molecule has 0 radical (unpaired) electrons. The van der Waals surface area contributed by atoms with Crippen molar-refractivity contribution in [3.8, 4) is 11.3 Å². The minimum Gasteiger partial charge on any atom is -0.359 e. The summed E-state index contributed by atoms with van der Waals surface area (Å²) in [5, 5.41) is 6.29. The van der Waals surface area contributed by atoms with E-state index in [4.69, 9.17) is 4.52 Å². The third-order valence-corrected chi connectivity index (χ3v) is 4.44. The van der Waals surface area contributed by atoms with Gasteiger partial charge >= 0.3 is 0 Å². The van der Waals surface area contributed by atoms with Crippen molar-refractivity contribution < 1.29 is 4.52 Å². The van der Waals surface area contributed by atoms with Gasteiger partial charge < -0.3 is 4.52 Å². The molecule has 21 heavy (non-hydrogen) atoms. The minimum absolute atomic E-state index is 0.761. The van der Waals surface area contributed by atoms with E-state index in [2.05, 4.69) is 35.5 Å². The summed E-state index contributed by atoms with van der Waals surface area (Å²) in [6.07, 6.45) is 0. The van der Waals surface area contributed by atoms with Crippen LogP contribution in [0.15, 0.2) is 52.4 Å². The first-order valence-corrected chi connectivity index (χ1v) is 7.83. The van der Waals surface area contributed by atoms with E-state index < -0.39 is 0 Å². The Morgan fingerprint density at radius 1 is 1.14 bits per heavy atom. The Labute approximate surface area is 128 Å². The summed E-state index contributed by atoms with van der Waals surface area (Å²) in [4.78, 5) is 3.65. The minimum atomic E-state index is 0.761.